The summed E-state index contributed by atoms with van der Waals surface area (Å²) in [5.74, 6) is -0.478. The topological polar surface area (TPSA) is 81.4 Å². The second-order valence-corrected chi connectivity index (χ2v) is 3.60. The number of nitrogens with two attached hydrogens (primary N) is 1. The molecule has 0 saturated heterocycles. The Morgan fingerprint density at radius 2 is 2.18 bits per heavy atom. The maximum Gasteiger partial charge on any atom is 0.307 e. The Hall–Kier alpha value is -2.04. The lowest BCUT2D eigenvalue weighted by Crippen LogP contribution is -2.27. The highest BCUT2D eigenvalue weighted by Crippen LogP contribution is 2.06. The standard InChI is InChI=1S/C12H16N2O3/c1-17-12(16)5-6-14-11(15)8-9-3-2-4-10(13)7-9/h2-4,7H,5-6,8,13H2,1H3,(H,14,15). The van der Waals surface area contributed by atoms with Crippen LogP contribution in [-0.4, -0.2) is 25.5 Å². The molecule has 0 atom stereocenters. The Bertz CT molecular complexity index is 404. The van der Waals surface area contributed by atoms with Crippen LogP contribution in [0.2, 0.25) is 0 Å². The van der Waals surface area contributed by atoms with Crippen LogP contribution >= 0.6 is 0 Å². The van der Waals surface area contributed by atoms with E-state index >= 15 is 0 Å². The van der Waals surface area contributed by atoms with Crippen molar-refractivity contribution in [1.29, 1.82) is 0 Å². The van der Waals surface area contributed by atoms with Crippen molar-refractivity contribution in [3.05, 3.63) is 29.8 Å². The van der Waals surface area contributed by atoms with Crippen LogP contribution in [0.3, 0.4) is 0 Å². The van der Waals surface area contributed by atoms with Crippen molar-refractivity contribution < 1.29 is 14.3 Å². The second-order valence-electron chi connectivity index (χ2n) is 3.60. The third-order valence-electron chi connectivity index (χ3n) is 2.19. The number of ether oxygens (including phenoxy) is 1. The van der Waals surface area contributed by atoms with Crippen LogP contribution in [0.4, 0.5) is 5.69 Å². The molecule has 0 aliphatic rings. The Balaban J connectivity index is 2.32. The molecule has 1 amide bonds. The molecule has 0 bridgehead atoms. The average molecular weight is 236 g/mol. The van der Waals surface area contributed by atoms with Crippen LogP contribution < -0.4 is 11.1 Å². The van der Waals surface area contributed by atoms with Gasteiger partial charge in [0, 0.05) is 12.2 Å². The van der Waals surface area contributed by atoms with E-state index in [2.05, 4.69) is 10.1 Å². The number of carbonyl (C=O) groups excluding carboxylic acids is 2. The predicted octanol–water partition coefficient (Wildman–Crippen LogP) is 0.491. The van der Waals surface area contributed by atoms with Gasteiger partial charge in [-0.15, -0.1) is 0 Å². The van der Waals surface area contributed by atoms with Crippen LogP contribution in [-0.2, 0) is 20.7 Å². The Morgan fingerprint density at radius 1 is 1.41 bits per heavy atom. The maximum atomic E-state index is 11.5. The molecule has 0 aromatic heterocycles. The molecule has 0 saturated carbocycles. The number of methoxy groups -OCH3 is 1. The summed E-state index contributed by atoms with van der Waals surface area (Å²) in [4.78, 5) is 22.3. The van der Waals surface area contributed by atoms with E-state index in [0.717, 1.165) is 5.56 Å². The predicted molar refractivity (Wildman–Crippen MR) is 64.2 cm³/mol. The van der Waals surface area contributed by atoms with E-state index in [9.17, 15) is 9.59 Å². The number of benzene rings is 1. The van der Waals surface area contributed by atoms with Crippen LogP contribution in [0.15, 0.2) is 24.3 Å². The highest BCUT2D eigenvalue weighted by atomic mass is 16.5. The summed E-state index contributed by atoms with van der Waals surface area (Å²) in [6.07, 6.45) is 0.436. The summed E-state index contributed by atoms with van der Waals surface area (Å²) in [5.41, 5.74) is 7.08. The number of amides is 1. The average Bonchev–Trinajstić information content (AvgIpc) is 2.28. The van der Waals surface area contributed by atoms with Gasteiger partial charge in [-0.1, -0.05) is 12.1 Å². The number of esters is 1. The first kappa shape index (κ1) is 13.0. The summed E-state index contributed by atoms with van der Waals surface area (Å²) >= 11 is 0. The van der Waals surface area contributed by atoms with E-state index in [1.807, 2.05) is 6.07 Å². The zero-order chi connectivity index (χ0) is 12.7. The number of nitrogen functional groups attached to an aromatic ring is 1. The fourth-order valence-electron chi connectivity index (χ4n) is 1.36. The number of anilines is 1. The summed E-state index contributed by atoms with van der Waals surface area (Å²) in [7, 11) is 1.32. The molecule has 5 heteroatoms. The van der Waals surface area contributed by atoms with Crippen LogP contribution in [0.5, 0.6) is 0 Å². The van der Waals surface area contributed by atoms with E-state index in [4.69, 9.17) is 5.73 Å². The van der Waals surface area contributed by atoms with Crippen LogP contribution in [0, 0.1) is 0 Å². The lowest BCUT2D eigenvalue weighted by atomic mass is 10.1. The van der Waals surface area contributed by atoms with Crippen molar-refractivity contribution in [3.8, 4) is 0 Å². The van der Waals surface area contributed by atoms with Crippen molar-refractivity contribution in [3.63, 3.8) is 0 Å². The largest absolute Gasteiger partial charge is 0.469 e. The van der Waals surface area contributed by atoms with E-state index in [1.54, 1.807) is 18.2 Å². The van der Waals surface area contributed by atoms with E-state index in [1.165, 1.54) is 7.11 Å². The molecule has 1 rings (SSSR count). The van der Waals surface area contributed by atoms with Crippen molar-refractivity contribution in [1.82, 2.24) is 5.32 Å². The SMILES string of the molecule is COC(=O)CCNC(=O)Cc1cccc(N)c1. The van der Waals surface area contributed by atoms with E-state index in [-0.39, 0.29) is 31.3 Å². The third kappa shape index (κ3) is 5.01. The number of carbonyl (C=O) groups is 2. The lowest BCUT2D eigenvalue weighted by Gasteiger charge is -2.05. The summed E-state index contributed by atoms with van der Waals surface area (Å²) in [5, 5.41) is 2.64. The second kappa shape index (κ2) is 6.52. The van der Waals surface area contributed by atoms with Gasteiger partial charge in [0.2, 0.25) is 5.91 Å². The fourth-order valence-corrected chi connectivity index (χ4v) is 1.36. The van der Waals surface area contributed by atoms with Gasteiger partial charge >= 0.3 is 5.97 Å². The molecule has 0 unspecified atom stereocenters. The van der Waals surface area contributed by atoms with Crippen molar-refractivity contribution in [2.24, 2.45) is 0 Å². The lowest BCUT2D eigenvalue weighted by molar-refractivity contribution is -0.140. The van der Waals surface area contributed by atoms with Gasteiger partial charge in [-0.3, -0.25) is 9.59 Å². The molecule has 92 valence electrons. The minimum Gasteiger partial charge on any atom is -0.469 e. The minimum absolute atomic E-state index is 0.139. The van der Waals surface area contributed by atoms with Gasteiger partial charge in [-0.25, -0.2) is 0 Å². The molecule has 3 N–H and O–H groups in total. The Kier molecular flexibility index (Phi) is 5.00. The first-order valence-electron chi connectivity index (χ1n) is 5.29. The van der Waals surface area contributed by atoms with Crippen molar-refractivity contribution >= 4 is 17.6 Å². The summed E-state index contributed by atoms with van der Waals surface area (Å²) < 4.78 is 4.46. The number of nitrogens with one attached hydrogen (secondary N) is 1. The van der Waals surface area contributed by atoms with Gasteiger partial charge < -0.3 is 15.8 Å². The van der Waals surface area contributed by atoms with Gasteiger partial charge in [0.1, 0.15) is 0 Å². The molecule has 0 spiro atoms. The molecule has 0 heterocycles. The minimum atomic E-state index is -0.339. The monoisotopic (exact) mass is 236 g/mol. The number of rotatable bonds is 5. The van der Waals surface area contributed by atoms with Crippen molar-refractivity contribution in [2.45, 2.75) is 12.8 Å². The Labute approximate surface area is 99.9 Å². The van der Waals surface area contributed by atoms with Gasteiger partial charge in [0.05, 0.1) is 20.0 Å². The molecular weight excluding hydrogens is 220 g/mol. The molecule has 0 aliphatic carbocycles. The normalized spacial score (nSPS) is 9.71. The quantitative estimate of drug-likeness (QED) is 0.576. The summed E-state index contributed by atoms with van der Waals surface area (Å²) in [6, 6.07) is 7.14. The zero-order valence-corrected chi connectivity index (χ0v) is 9.73. The van der Waals surface area contributed by atoms with Gasteiger partial charge in [-0.05, 0) is 17.7 Å². The molecule has 1 aromatic rings. The highest BCUT2D eigenvalue weighted by Gasteiger charge is 2.05. The Morgan fingerprint density at radius 3 is 2.82 bits per heavy atom. The molecule has 0 fully saturated rings. The van der Waals surface area contributed by atoms with E-state index in [0.29, 0.717) is 5.69 Å². The van der Waals surface area contributed by atoms with Gasteiger partial charge in [0.15, 0.2) is 0 Å². The van der Waals surface area contributed by atoms with E-state index < -0.39 is 0 Å². The number of hydrogen-bond acceptors (Lipinski definition) is 4. The summed E-state index contributed by atoms with van der Waals surface area (Å²) in [6.45, 7) is 0.286. The third-order valence-corrected chi connectivity index (χ3v) is 2.19. The fraction of sp³-hybridized carbons (Fsp3) is 0.333. The first-order valence-corrected chi connectivity index (χ1v) is 5.29. The molecule has 17 heavy (non-hydrogen) atoms. The van der Waals surface area contributed by atoms with Gasteiger partial charge in [0.25, 0.3) is 0 Å². The molecule has 1 aromatic carbocycles. The van der Waals surface area contributed by atoms with Crippen LogP contribution in [0.1, 0.15) is 12.0 Å². The van der Waals surface area contributed by atoms with Crippen molar-refractivity contribution in [2.75, 3.05) is 19.4 Å². The first-order chi connectivity index (χ1) is 8.11. The smallest absolute Gasteiger partial charge is 0.307 e. The molecule has 0 aliphatic heterocycles. The molecule has 0 radical (unpaired) electrons. The van der Waals surface area contributed by atoms with Gasteiger partial charge in [-0.2, -0.15) is 0 Å². The zero-order valence-electron chi connectivity index (χ0n) is 9.73. The molecule has 5 nitrogen and oxygen atoms in total. The highest BCUT2D eigenvalue weighted by molar-refractivity contribution is 5.79. The van der Waals surface area contributed by atoms with Crippen LogP contribution in [0.25, 0.3) is 0 Å². The number of hydrogen-bond donors (Lipinski definition) is 2. The molecular formula is C12H16N2O3. The maximum absolute atomic E-state index is 11.5.